The third-order valence-corrected chi connectivity index (χ3v) is 2.31. The van der Waals surface area contributed by atoms with E-state index in [1.807, 2.05) is 38.4 Å². The largest absolute Gasteiger partial charge is 2.00 e. The molecule has 2 aromatic rings. The van der Waals surface area contributed by atoms with Gasteiger partial charge in [0, 0.05) is 25.5 Å². The van der Waals surface area contributed by atoms with Crippen LogP contribution in [0.5, 0.6) is 11.5 Å². The zero-order valence-electron chi connectivity index (χ0n) is 15.3. The fraction of sp³-hybridized carbons (Fsp3) is 0.143. The second kappa shape index (κ2) is 13.1. The van der Waals surface area contributed by atoms with E-state index in [0.29, 0.717) is 11.5 Å². The molecule has 0 spiro atoms. The molecule has 0 bridgehead atoms. The van der Waals surface area contributed by atoms with E-state index in [0.717, 1.165) is 11.4 Å². The fourth-order valence-electron chi connectivity index (χ4n) is 1.26. The van der Waals surface area contributed by atoms with Gasteiger partial charge < -0.3 is 23.7 Å². The number of aromatic hydroxyl groups is 2. The summed E-state index contributed by atoms with van der Waals surface area (Å²) in [6.45, 7) is 0. The van der Waals surface area contributed by atoms with E-state index in [1.165, 1.54) is 0 Å². The van der Waals surface area contributed by atoms with E-state index >= 15 is 0 Å². The molecule has 0 atom stereocenters. The number of hydrogen-bond donors (Lipinski definition) is 6. The number of nitrogens with one attached hydrogen (secondary N) is 2. The summed E-state index contributed by atoms with van der Waals surface area (Å²) in [6.07, 6.45) is 0. The van der Waals surface area contributed by atoms with Crippen LogP contribution >= 0.6 is 0 Å². The van der Waals surface area contributed by atoms with Crippen LogP contribution in [-0.2, 0) is 10.4 Å². The van der Waals surface area contributed by atoms with E-state index in [2.05, 4.69) is 10.6 Å². The summed E-state index contributed by atoms with van der Waals surface area (Å²) in [5.41, 5.74) is 2.01. The first-order valence-electron chi connectivity index (χ1n) is 6.29. The predicted molar refractivity (Wildman–Crippen MR) is 97.5 cm³/mol. The van der Waals surface area contributed by atoms with Gasteiger partial charge in [0.05, 0.1) is 0 Å². The second-order valence-electron chi connectivity index (χ2n) is 4.04. The molecule has 0 aliphatic carbocycles. The quantitative estimate of drug-likeness (QED) is 0.262. The summed E-state index contributed by atoms with van der Waals surface area (Å²) in [5.74, 6) is 0.600. The Morgan fingerprint density at radius 2 is 0.958 bits per heavy atom. The van der Waals surface area contributed by atoms with Crippen LogP contribution in [0.25, 0.3) is 0 Å². The summed E-state index contributed by atoms with van der Waals surface area (Å²) >= 11 is 0. The van der Waals surface area contributed by atoms with Crippen LogP contribution < -0.4 is 10.6 Å². The molecule has 6 N–H and O–H groups in total. The number of rotatable bonds is 2. The number of benzene rings is 2. The SMILES string of the molecule is CNc1ccc(O)cc1.CNc1ccc(O)cc1.O=S(=O)(O)O.[Ca+2].[H-].[H-]. The Kier molecular flexibility index (Phi) is 13.7. The van der Waals surface area contributed by atoms with Crippen molar-refractivity contribution in [2.45, 2.75) is 0 Å². The molecule has 2 aromatic carbocycles. The van der Waals surface area contributed by atoms with Gasteiger partial charge >= 0.3 is 48.1 Å². The summed E-state index contributed by atoms with van der Waals surface area (Å²) < 4.78 is 31.6. The van der Waals surface area contributed by atoms with Crippen molar-refractivity contribution in [3.8, 4) is 11.5 Å². The first kappa shape index (κ1) is 25.0. The molecule has 0 unspecified atom stereocenters. The topological polar surface area (TPSA) is 139 Å². The van der Waals surface area contributed by atoms with Gasteiger partial charge in [-0.25, -0.2) is 0 Å². The van der Waals surface area contributed by atoms with Crippen LogP contribution in [0.4, 0.5) is 11.4 Å². The minimum absolute atomic E-state index is 0. The van der Waals surface area contributed by atoms with Crippen molar-refractivity contribution in [2.75, 3.05) is 24.7 Å². The number of phenolic OH excluding ortho intramolecular Hbond substituents is 2. The summed E-state index contributed by atoms with van der Waals surface area (Å²) in [7, 11) is -0.987. The third kappa shape index (κ3) is 15.7. The van der Waals surface area contributed by atoms with E-state index in [9.17, 15) is 0 Å². The van der Waals surface area contributed by atoms with Crippen LogP contribution in [-0.4, -0.2) is 79.6 Å². The second-order valence-corrected chi connectivity index (χ2v) is 4.94. The molecule has 0 saturated heterocycles. The van der Waals surface area contributed by atoms with E-state index in [-0.39, 0.29) is 40.6 Å². The molecule has 0 fully saturated rings. The van der Waals surface area contributed by atoms with Crippen LogP contribution in [0.3, 0.4) is 0 Å². The van der Waals surface area contributed by atoms with Crippen molar-refractivity contribution in [3.63, 3.8) is 0 Å². The number of hydrogen-bond acceptors (Lipinski definition) is 6. The van der Waals surface area contributed by atoms with Crippen molar-refractivity contribution in [1.29, 1.82) is 0 Å². The summed E-state index contributed by atoms with van der Waals surface area (Å²) in [4.78, 5) is 0. The van der Waals surface area contributed by atoms with Gasteiger partial charge in [0.1, 0.15) is 11.5 Å². The minimum Gasteiger partial charge on any atom is -1.00 e. The van der Waals surface area contributed by atoms with Crippen LogP contribution in [0.1, 0.15) is 2.85 Å². The summed E-state index contributed by atoms with van der Waals surface area (Å²) in [6, 6.07) is 13.8. The molecule has 0 aliphatic heterocycles. The summed E-state index contributed by atoms with van der Waals surface area (Å²) in [5, 5.41) is 23.5. The molecule has 0 saturated carbocycles. The minimum atomic E-state index is -4.67. The van der Waals surface area contributed by atoms with Gasteiger partial charge in [-0.2, -0.15) is 8.42 Å². The van der Waals surface area contributed by atoms with Gasteiger partial charge in [-0.3, -0.25) is 9.11 Å². The normalized spacial score (nSPS) is 9.17. The molecule has 0 amide bonds. The Balaban J connectivity index is -0.000000137. The average molecular weight is 386 g/mol. The fourth-order valence-corrected chi connectivity index (χ4v) is 1.26. The molecule has 8 nitrogen and oxygen atoms in total. The Hall–Kier alpha value is -1.23. The molecule has 0 aromatic heterocycles. The maximum Gasteiger partial charge on any atom is 2.00 e. The van der Waals surface area contributed by atoms with Gasteiger partial charge in [0.2, 0.25) is 0 Å². The molecular weight excluding hydrogens is 364 g/mol. The molecule has 0 radical (unpaired) electrons. The monoisotopic (exact) mass is 386 g/mol. The third-order valence-electron chi connectivity index (χ3n) is 2.31. The van der Waals surface area contributed by atoms with Gasteiger partial charge in [-0.05, 0) is 48.5 Å². The average Bonchev–Trinajstić information content (AvgIpc) is 2.48. The van der Waals surface area contributed by atoms with E-state index in [4.69, 9.17) is 27.7 Å². The van der Waals surface area contributed by atoms with Crippen molar-refractivity contribution >= 4 is 59.5 Å². The zero-order valence-corrected chi connectivity index (χ0v) is 16.4. The molecule has 132 valence electrons. The van der Waals surface area contributed by atoms with Crippen molar-refractivity contribution in [1.82, 2.24) is 0 Å². The van der Waals surface area contributed by atoms with Gasteiger partial charge in [-0.1, -0.05) is 0 Å². The van der Waals surface area contributed by atoms with Crippen molar-refractivity contribution in [2.24, 2.45) is 0 Å². The Morgan fingerprint density at radius 1 is 0.750 bits per heavy atom. The van der Waals surface area contributed by atoms with E-state index < -0.39 is 10.4 Å². The van der Waals surface area contributed by atoms with Crippen LogP contribution in [0.15, 0.2) is 48.5 Å². The molecule has 10 heteroatoms. The van der Waals surface area contributed by atoms with Gasteiger partial charge in [0.15, 0.2) is 0 Å². The van der Waals surface area contributed by atoms with Crippen molar-refractivity contribution < 1.29 is 30.6 Å². The van der Waals surface area contributed by atoms with Gasteiger partial charge in [0.25, 0.3) is 0 Å². The number of anilines is 2. The van der Waals surface area contributed by atoms with Crippen LogP contribution in [0, 0.1) is 0 Å². The molecule has 2 rings (SSSR count). The Bertz CT molecular complexity index is 619. The van der Waals surface area contributed by atoms with Gasteiger partial charge in [-0.15, -0.1) is 0 Å². The smallest absolute Gasteiger partial charge is 1.00 e. The standard InChI is InChI=1S/2C7H9NO.Ca.H2O4S.2H/c2*1-8-6-2-4-7(9)5-3-6;;1-5(2,3)4;;/h2*2-5,8-9H,1H3;;(H2,1,2,3,4);;/q;;+2;;2*-1. The maximum absolute atomic E-state index is 8.82. The Labute approximate surface area is 174 Å². The number of phenols is 2. The van der Waals surface area contributed by atoms with E-state index in [1.54, 1.807) is 24.3 Å². The first-order chi connectivity index (χ1) is 10.7. The molecule has 0 heterocycles. The molecule has 0 aliphatic rings. The van der Waals surface area contributed by atoms with Crippen LogP contribution in [0.2, 0.25) is 0 Å². The zero-order chi connectivity index (χ0) is 17.9. The van der Waals surface area contributed by atoms with Crippen molar-refractivity contribution in [3.05, 3.63) is 48.5 Å². The first-order valence-corrected chi connectivity index (χ1v) is 7.69. The maximum atomic E-state index is 8.82. The predicted octanol–water partition coefficient (Wildman–Crippen LogP) is 2.06. The molecule has 24 heavy (non-hydrogen) atoms. The molecular formula is C14H22CaN2O6S. The Morgan fingerprint density at radius 3 is 1.12 bits per heavy atom.